The van der Waals surface area contributed by atoms with Crippen LogP contribution in [0.1, 0.15) is 105 Å². The van der Waals surface area contributed by atoms with E-state index in [0.29, 0.717) is 0 Å². The number of hydrogen-bond donors (Lipinski definition) is 0. The number of anilines is 3. The van der Waals surface area contributed by atoms with Crippen LogP contribution >= 0.6 is 0 Å². The molecule has 0 unspecified atom stereocenters. The first kappa shape index (κ1) is 52.6. The monoisotopic (exact) mass is 1060 g/mol. The van der Waals surface area contributed by atoms with Gasteiger partial charge in [-0.25, -0.2) is 0 Å². The summed E-state index contributed by atoms with van der Waals surface area (Å²) < 4.78 is 2.47. The molecule has 1 heterocycles. The summed E-state index contributed by atoms with van der Waals surface area (Å²) in [5.41, 5.74) is 22.0. The van der Waals surface area contributed by atoms with Crippen LogP contribution in [0.25, 0.3) is 104 Å². The summed E-state index contributed by atoms with van der Waals surface area (Å²) in [6, 6.07) is 87.6. The van der Waals surface area contributed by atoms with Crippen LogP contribution in [-0.4, -0.2) is 4.57 Å². The fourth-order valence-electron chi connectivity index (χ4n) is 12.6. The van der Waals surface area contributed by atoms with Gasteiger partial charge in [0.15, 0.2) is 0 Å². The highest BCUT2D eigenvalue weighted by atomic mass is 15.1. The molecule has 0 amide bonds. The summed E-state index contributed by atoms with van der Waals surface area (Å²) in [6.45, 7) is 27.8. The van der Waals surface area contributed by atoms with E-state index in [9.17, 15) is 0 Å². The Kier molecular flexibility index (Phi) is 12.5. The van der Waals surface area contributed by atoms with Crippen molar-refractivity contribution in [2.75, 3.05) is 4.90 Å². The summed E-state index contributed by atoms with van der Waals surface area (Å²) in [6.07, 6.45) is 0. The molecule has 13 rings (SSSR count). The van der Waals surface area contributed by atoms with Crippen LogP contribution in [0.15, 0.2) is 231 Å². The predicted octanol–water partition coefficient (Wildman–Crippen LogP) is 23.0. The van der Waals surface area contributed by atoms with Crippen LogP contribution in [0.3, 0.4) is 0 Å². The fraction of sp³-hybridized carbons (Fsp3) is 0.200. The zero-order valence-corrected chi connectivity index (χ0v) is 49.8. The molecular formula is C80H74N2. The van der Waals surface area contributed by atoms with Gasteiger partial charge in [0.1, 0.15) is 0 Å². The second kappa shape index (κ2) is 19.5. The summed E-state index contributed by atoms with van der Waals surface area (Å²) in [4.78, 5) is 2.53. The van der Waals surface area contributed by atoms with E-state index >= 15 is 0 Å². The van der Waals surface area contributed by atoms with Crippen LogP contribution in [0.4, 0.5) is 17.1 Å². The van der Waals surface area contributed by atoms with Gasteiger partial charge >= 0.3 is 0 Å². The van der Waals surface area contributed by atoms with Gasteiger partial charge in [0.25, 0.3) is 0 Å². The Labute approximate surface area is 485 Å². The van der Waals surface area contributed by atoms with Crippen molar-refractivity contribution in [2.45, 2.75) is 105 Å². The van der Waals surface area contributed by atoms with E-state index in [0.717, 1.165) is 22.6 Å². The molecule has 0 radical (unpaired) electrons. The van der Waals surface area contributed by atoms with Crippen molar-refractivity contribution >= 4 is 71.2 Å². The molecule has 0 spiro atoms. The quantitative estimate of drug-likeness (QED) is 0.138. The van der Waals surface area contributed by atoms with Crippen LogP contribution in [0, 0.1) is 0 Å². The number of nitrogens with zero attached hydrogens (tertiary/aromatic N) is 2. The first-order chi connectivity index (χ1) is 39.2. The average Bonchev–Trinajstić information content (AvgIpc) is 3.52. The molecule has 13 aromatic rings. The lowest BCUT2D eigenvalue weighted by Crippen LogP contribution is -2.16. The van der Waals surface area contributed by atoms with Gasteiger partial charge in [0.2, 0.25) is 0 Å². The maximum Gasteiger partial charge on any atom is 0.0541 e. The lowest BCUT2D eigenvalue weighted by Gasteiger charge is -2.30. The summed E-state index contributed by atoms with van der Waals surface area (Å²) in [5, 5.41) is 9.96. The third kappa shape index (κ3) is 9.23. The predicted molar refractivity (Wildman–Crippen MR) is 356 cm³/mol. The molecule has 0 fully saturated rings. The zero-order valence-electron chi connectivity index (χ0n) is 49.8. The first-order valence-corrected chi connectivity index (χ1v) is 29.4. The van der Waals surface area contributed by atoms with E-state index in [4.69, 9.17) is 0 Å². The Morgan fingerprint density at radius 3 is 1.30 bits per heavy atom. The molecule has 0 aliphatic rings. The molecule has 1 aromatic heterocycles. The smallest absolute Gasteiger partial charge is 0.0541 e. The zero-order chi connectivity index (χ0) is 57.0. The van der Waals surface area contributed by atoms with Crippen LogP contribution < -0.4 is 4.90 Å². The van der Waals surface area contributed by atoms with Gasteiger partial charge in [-0.05, 0) is 153 Å². The largest absolute Gasteiger partial charge is 0.309 e. The highest BCUT2D eigenvalue weighted by molar-refractivity contribution is 6.27. The lowest BCUT2D eigenvalue weighted by molar-refractivity contribution is 0.569. The number of aromatic nitrogens is 1. The van der Waals surface area contributed by atoms with Crippen LogP contribution in [0.2, 0.25) is 0 Å². The molecular weight excluding hydrogens is 989 g/mol. The topological polar surface area (TPSA) is 8.17 Å². The minimum atomic E-state index is -0.0656. The van der Waals surface area contributed by atoms with Crippen LogP contribution in [-0.2, 0) is 21.7 Å². The molecule has 0 saturated heterocycles. The first-order valence-electron chi connectivity index (χ1n) is 29.4. The molecule has 0 atom stereocenters. The molecule has 0 saturated carbocycles. The van der Waals surface area contributed by atoms with Gasteiger partial charge in [-0.1, -0.05) is 265 Å². The van der Waals surface area contributed by atoms with E-state index in [1.54, 1.807) is 0 Å². The number of hydrogen-bond acceptors (Lipinski definition) is 1. The van der Waals surface area contributed by atoms with Crippen molar-refractivity contribution in [2.24, 2.45) is 0 Å². The van der Waals surface area contributed by atoms with Crippen LogP contribution in [0.5, 0.6) is 0 Å². The molecule has 404 valence electrons. The Morgan fingerprint density at radius 2 is 0.720 bits per heavy atom. The lowest BCUT2D eigenvalue weighted by atomic mass is 9.78. The van der Waals surface area contributed by atoms with Gasteiger partial charge in [-0.2, -0.15) is 0 Å². The summed E-state index contributed by atoms with van der Waals surface area (Å²) >= 11 is 0. The number of benzene rings is 12. The fourth-order valence-corrected chi connectivity index (χ4v) is 12.6. The van der Waals surface area contributed by atoms with E-state index in [2.05, 4.69) is 323 Å². The van der Waals surface area contributed by atoms with E-state index in [1.165, 1.54) is 121 Å². The minimum absolute atomic E-state index is 0.00564. The Hall–Kier alpha value is -8.72. The molecule has 0 aliphatic carbocycles. The second-order valence-electron chi connectivity index (χ2n) is 27.1. The SMILES string of the molecule is CC(C)(C)c1ccc(-c2ccccc2-c2ccccc2N(c2ccc(-c3cc(-c4cc(C(C)(C)C)cc(C(C)(C)C)c4)cc(C(C)(C)C)c3)cc2)c2ccc3ccc4c(-n5c6ccccc6c6ccccc65)ccc5ccc2c3c54)cc1. The van der Waals surface area contributed by atoms with Crippen molar-refractivity contribution in [1.29, 1.82) is 0 Å². The van der Waals surface area contributed by atoms with Crippen molar-refractivity contribution in [1.82, 2.24) is 4.57 Å². The van der Waals surface area contributed by atoms with Gasteiger partial charge in [-0.3, -0.25) is 0 Å². The maximum absolute atomic E-state index is 2.53. The number of rotatable bonds is 8. The van der Waals surface area contributed by atoms with Gasteiger partial charge in [-0.15, -0.1) is 0 Å². The molecule has 0 bridgehead atoms. The Bertz CT molecular complexity index is 4490. The highest BCUT2D eigenvalue weighted by Gasteiger charge is 2.26. The Balaban J connectivity index is 1.02. The molecule has 2 heteroatoms. The average molecular weight is 1060 g/mol. The Morgan fingerprint density at radius 1 is 0.280 bits per heavy atom. The minimum Gasteiger partial charge on any atom is -0.309 e. The summed E-state index contributed by atoms with van der Waals surface area (Å²) in [5.74, 6) is 0. The standard InChI is InChI=1S/C80H74N2/c1-77(2,3)58-37-29-52(30-38-58)63-21-13-14-22-64(63)65-23-15-18-26-70(65)81(62-39-31-51(32-40-62)55-45-56(47-59(46-55)78(4,5)6)57-48-60(79(7,8)9)50-61(49-57)80(10,11)12)73-43-35-53-34-42-69-74(44-36-54-33-41-68(73)75(53)76(54)69)82-71-27-19-16-24-66(71)67-25-17-20-28-72(67)82/h13-50H,1-12H3. The molecule has 0 N–H and O–H groups in total. The van der Waals surface area contributed by atoms with Gasteiger partial charge < -0.3 is 9.47 Å². The normalized spacial score (nSPS) is 12.6. The van der Waals surface area contributed by atoms with Crippen molar-refractivity contribution in [3.63, 3.8) is 0 Å². The van der Waals surface area contributed by atoms with E-state index < -0.39 is 0 Å². The molecule has 0 aliphatic heterocycles. The van der Waals surface area contributed by atoms with Crippen molar-refractivity contribution in [3.05, 3.63) is 253 Å². The van der Waals surface area contributed by atoms with Crippen molar-refractivity contribution in [3.8, 4) is 50.2 Å². The van der Waals surface area contributed by atoms with Gasteiger partial charge in [0.05, 0.1) is 28.1 Å². The van der Waals surface area contributed by atoms with E-state index in [1.807, 2.05) is 0 Å². The third-order valence-electron chi connectivity index (χ3n) is 17.4. The summed E-state index contributed by atoms with van der Waals surface area (Å²) in [7, 11) is 0. The highest BCUT2D eigenvalue weighted by Crippen LogP contribution is 2.50. The van der Waals surface area contributed by atoms with Gasteiger partial charge in [0, 0.05) is 32.8 Å². The molecule has 82 heavy (non-hydrogen) atoms. The van der Waals surface area contributed by atoms with Crippen molar-refractivity contribution < 1.29 is 0 Å². The molecule has 2 nitrogen and oxygen atoms in total. The maximum atomic E-state index is 2.53. The third-order valence-corrected chi connectivity index (χ3v) is 17.4. The molecule has 12 aromatic carbocycles. The number of para-hydroxylation sites is 3. The van der Waals surface area contributed by atoms with E-state index in [-0.39, 0.29) is 21.7 Å². The second-order valence-corrected chi connectivity index (χ2v) is 27.1. The number of fused-ring (bicyclic) bond motifs is 3.